The van der Waals surface area contributed by atoms with E-state index in [1.807, 2.05) is 34.1 Å². The third kappa shape index (κ3) is 8.46. The summed E-state index contributed by atoms with van der Waals surface area (Å²) in [5.41, 5.74) is 2.03. The van der Waals surface area contributed by atoms with Gasteiger partial charge in [0.25, 0.3) is 5.91 Å². The Balaban J connectivity index is 1.24. The number of ether oxygens (including phenoxy) is 2. The number of likely N-dealkylation sites (tertiary alicyclic amines) is 1. The van der Waals surface area contributed by atoms with Gasteiger partial charge >= 0.3 is 12.1 Å². The van der Waals surface area contributed by atoms with Crippen LogP contribution in [0.2, 0.25) is 5.02 Å². The molecule has 1 aromatic heterocycles. The number of Topliss-reactive ketones (excluding diaryl/α,β-unsaturated/α-hetero) is 1. The van der Waals surface area contributed by atoms with Crippen LogP contribution in [0.5, 0.6) is 0 Å². The number of nitrogens with one attached hydrogen (secondary N) is 1. The molecule has 1 atom stereocenters. The van der Waals surface area contributed by atoms with Gasteiger partial charge in [-0.25, -0.2) is 0 Å². The van der Waals surface area contributed by atoms with Crippen LogP contribution in [0.3, 0.4) is 0 Å². The molecule has 0 radical (unpaired) electrons. The maximum Gasteiger partial charge on any atom is 0.401 e. The Bertz CT molecular complexity index is 1750. The number of fused-ring (bicyclic) bond motifs is 1. The summed E-state index contributed by atoms with van der Waals surface area (Å²) in [6.45, 7) is 2.96. The summed E-state index contributed by atoms with van der Waals surface area (Å²) in [5.74, 6) is -2.64. The number of anilines is 1. The number of piperazine rings is 1. The zero-order valence-corrected chi connectivity index (χ0v) is 30.3. The number of esters is 1. The van der Waals surface area contributed by atoms with Crippen LogP contribution in [0.25, 0.3) is 10.9 Å². The number of alkyl halides is 3. The minimum atomic E-state index is -4.33. The Morgan fingerprint density at radius 1 is 0.942 bits per heavy atom. The normalized spacial score (nSPS) is 22.0. The molecule has 1 saturated carbocycles. The highest BCUT2D eigenvalue weighted by Crippen LogP contribution is 2.37. The van der Waals surface area contributed by atoms with E-state index >= 15 is 0 Å². The van der Waals surface area contributed by atoms with Crippen molar-refractivity contribution in [2.45, 2.75) is 70.0 Å². The number of amides is 1. The van der Waals surface area contributed by atoms with Crippen molar-refractivity contribution in [2.24, 2.45) is 13.0 Å². The molecule has 6 rings (SSSR count). The summed E-state index contributed by atoms with van der Waals surface area (Å²) in [6, 6.07) is 12.4. The highest BCUT2D eigenvalue weighted by atomic mass is 35.5. The van der Waals surface area contributed by atoms with Crippen molar-refractivity contribution in [3.05, 3.63) is 58.7 Å². The van der Waals surface area contributed by atoms with Gasteiger partial charge in [0.2, 0.25) is 5.85 Å². The third-order valence-electron chi connectivity index (χ3n) is 10.3. The van der Waals surface area contributed by atoms with Crippen LogP contribution < -0.4 is 5.32 Å². The van der Waals surface area contributed by atoms with Gasteiger partial charge in [0.05, 0.1) is 41.4 Å². The molecular formula is C37H46ClF3N6O5. The van der Waals surface area contributed by atoms with Gasteiger partial charge in [-0.2, -0.15) is 18.3 Å². The van der Waals surface area contributed by atoms with Crippen molar-refractivity contribution in [2.75, 3.05) is 57.7 Å². The topological polar surface area (TPSA) is 109 Å². The summed E-state index contributed by atoms with van der Waals surface area (Å²) in [7, 11) is 1.76. The molecule has 1 aliphatic carbocycles. The summed E-state index contributed by atoms with van der Waals surface area (Å²) in [5, 5.41) is 8.17. The Labute approximate surface area is 306 Å². The van der Waals surface area contributed by atoms with Gasteiger partial charge in [0.15, 0.2) is 11.5 Å². The monoisotopic (exact) mass is 746 g/mol. The van der Waals surface area contributed by atoms with Gasteiger partial charge in [-0.15, -0.1) is 0 Å². The SMILES string of the molecule is CCOC(=O)[C@H]1CC[C@H](OC(C(=O)Cc2ccc(NC(=O)c3nn(C)c4ccccc34)c(Cl)c2)(N2CCCC2)N2CCN(CC(F)(F)F)CC2)CC1. The maximum atomic E-state index is 14.8. The molecule has 15 heteroatoms. The molecule has 1 unspecified atom stereocenters. The lowest BCUT2D eigenvalue weighted by molar-refractivity contribution is -0.262. The Morgan fingerprint density at radius 2 is 1.62 bits per heavy atom. The average Bonchev–Trinajstić information content (AvgIpc) is 3.77. The zero-order valence-electron chi connectivity index (χ0n) is 29.6. The van der Waals surface area contributed by atoms with Crippen LogP contribution in [-0.2, 0) is 32.5 Å². The molecule has 3 fully saturated rings. The molecule has 282 valence electrons. The van der Waals surface area contributed by atoms with Gasteiger partial charge in [0.1, 0.15) is 0 Å². The standard InChI is InChI=1S/C37H46ClF3N6O5/c1-3-51-35(50)26-11-13-27(14-12-26)52-37(46-16-6-7-17-46,47-20-18-45(19-21-47)24-36(39,40)41)32(48)23-25-10-15-30(29(38)22-25)42-34(49)33-28-8-4-5-9-31(28)44(2)43-33/h4-5,8-10,15,22,26-27H,3,6-7,11-14,16-21,23-24H2,1-2H3,(H,42,49)/t26-,27-,37?. The fourth-order valence-corrected chi connectivity index (χ4v) is 8.04. The first-order chi connectivity index (χ1) is 24.9. The van der Waals surface area contributed by atoms with E-state index in [4.69, 9.17) is 21.1 Å². The van der Waals surface area contributed by atoms with Gasteiger partial charge in [-0.05, 0) is 69.2 Å². The molecule has 52 heavy (non-hydrogen) atoms. The smallest absolute Gasteiger partial charge is 0.401 e. The summed E-state index contributed by atoms with van der Waals surface area (Å²) in [4.78, 5) is 45.9. The number of aryl methyl sites for hydroxylation is 1. The lowest BCUT2D eigenvalue weighted by atomic mass is 9.87. The average molecular weight is 747 g/mol. The summed E-state index contributed by atoms with van der Waals surface area (Å²) in [6.07, 6.45) is -0.800. The van der Waals surface area contributed by atoms with Crippen molar-refractivity contribution in [3.8, 4) is 0 Å². The number of carbonyl (C=O) groups excluding carboxylic acids is 3. The van der Waals surface area contributed by atoms with Gasteiger partial charge < -0.3 is 14.8 Å². The summed E-state index contributed by atoms with van der Waals surface area (Å²) >= 11 is 6.71. The van der Waals surface area contributed by atoms with E-state index in [1.54, 1.807) is 36.9 Å². The molecule has 11 nitrogen and oxygen atoms in total. The minimum absolute atomic E-state index is 0.0593. The van der Waals surface area contributed by atoms with Crippen LogP contribution in [0.1, 0.15) is 61.5 Å². The first kappa shape index (κ1) is 38.2. The van der Waals surface area contributed by atoms with Crippen molar-refractivity contribution < 1.29 is 37.0 Å². The quantitative estimate of drug-likeness (QED) is 0.235. The molecule has 1 N–H and O–H groups in total. The maximum absolute atomic E-state index is 14.8. The molecular weight excluding hydrogens is 701 g/mol. The van der Waals surface area contributed by atoms with Crippen molar-refractivity contribution >= 4 is 45.9 Å². The molecule has 0 spiro atoms. The lowest BCUT2D eigenvalue weighted by Crippen LogP contribution is -2.71. The number of benzene rings is 2. The second-order valence-electron chi connectivity index (χ2n) is 13.9. The first-order valence-electron chi connectivity index (χ1n) is 18.1. The minimum Gasteiger partial charge on any atom is -0.466 e. The molecule has 0 bridgehead atoms. The van der Waals surface area contributed by atoms with Crippen LogP contribution in [0.15, 0.2) is 42.5 Å². The molecule has 3 aromatic rings. The number of rotatable bonds is 12. The number of hydrogen-bond acceptors (Lipinski definition) is 9. The van der Waals surface area contributed by atoms with E-state index in [2.05, 4.69) is 10.4 Å². The Kier molecular flexibility index (Phi) is 11.9. The number of aromatic nitrogens is 2. The van der Waals surface area contributed by atoms with Crippen molar-refractivity contribution in [1.82, 2.24) is 24.5 Å². The number of carbonyl (C=O) groups is 3. The zero-order chi connectivity index (χ0) is 37.0. The van der Waals surface area contributed by atoms with Crippen molar-refractivity contribution in [3.63, 3.8) is 0 Å². The molecule has 2 aromatic carbocycles. The number of nitrogens with zero attached hydrogens (tertiary/aromatic N) is 5. The fraction of sp³-hybridized carbons (Fsp3) is 0.568. The van der Waals surface area contributed by atoms with E-state index in [-0.39, 0.29) is 67.1 Å². The van der Waals surface area contributed by atoms with Gasteiger partial charge in [0, 0.05) is 58.1 Å². The van der Waals surface area contributed by atoms with E-state index in [0.717, 1.165) is 18.4 Å². The van der Waals surface area contributed by atoms with Crippen molar-refractivity contribution in [1.29, 1.82) is 0 Å². The fourth-order valence-electron chi connectivity index (χ4n) is 7.79. The van der Waals surface area contributed by atoms with Crippen LogP contribution in [0, 0.1) is 5.92 Å². The lowest BCUT2D eigenvalue weighted by Gasteiger charge is -2.52. The van der Waals surface area contributed by atoms with Crippen LogP contribution in [0.4, 0.5) is 18.9 Å². The predicted octanol–water partition coefficient (Wildman–Crippen LogP) is 5.66. The van der Waals surface area contributed by atoms with E-state index in [1.165, 1.54) is 4.90 Å². The summed E-state index contributed by atoms with van der Waals surface area (Å²) < 4.78 is 53.8. The number of ketones is 1. The molecule has 2 saturated heterocycles. The van der Waals surface area contributed by atoms with Gasteiger partial charge in [-0.3, -0.25) is 33.8 Å². The van der Waals surface area contributed by atoms with Gasteiger partial charge in [-0.1, -0.05) is 35.9 Å². The first-order valence-corrected chi connectivity index (χ1v) is 18.4. The van der Waals surface area contributed by atoms with E-state index < -0.39 is 24.5 Å². The number of para-hydroxylation sites is 1. The largest absolute Gasteiger partial charge is 0.466 e. The second-order valence-corrected chi connectivity index (χ2v) is 14.3. The van der Waals surface area contributed by atoms with Crippen LogP contribution >= 0.6 is 11.6 Å². The number of hydrogen-bond donors (Lipinski definition) is 1. The highest BCUT2D eigenvalue weighted by molar-refractivity contribution is 6.34. The molecule has 3 heterocycles. The van der Waals surface area contributed by atoms with E-state index in [9.17, 15) is 27.6 Å². The number of halogens is 4. The Morgan fingerprint density at radius 3 is 2.27 bits per heavy atom. The van der Waals surface area contributed by atoms with Crippen LogP contribution in [-0.4, -0.2) is 113 Å². The Hall–Kier alpha value is -3.56. The molecule has 2 aliphatic heterocycles. The second kappa shape index (κ2) is 16.2. The molecule has 1 amide bonds. The highest BCUT2D eigenvalue weighted by Gasteiger charge is 2.53. The molecule has 3 aliphatic rings. The predicted molar refractivity (Wildman–Crippen MR) is 190 cm³/mol. The van der Waals surface area contributed by atoms with E-state index in [0.29, 0.717) is 62.0 Å². The third-order valence-corrected chi connectivity index (χ3v) is 10.7.